The molecule has 0 radical (unpaired) electrons. The number of rotatable bonds is 5. The van der Waals surface area contributed by atoms with Gasteiger partial charge in [-0.05, 0) is 29.8 Å². The van der Waals surface area contributed by atoms with Crippen molar-refractivity contribution in [2.75, 3.05) is 26.2 Å². The molecule has 0 aliphatic carbocycles. The molecule has 0 bridgehead atoms. The van der Waals surface area contributed by atoms with Gasteiger partial charge in [-0.1, -0.05) is 12.1 Å². The first-order valence-corrected chi connectivity index (χ1v) is 9.91. The van der Waals surface area contributed by atoms with Crippen LogP contribution in [0.2, 0.25) is 0 Å². The number of aromatic nitrogens is 2. The molecule has 5 nitrogen and oxygen atoms in total. The van der Waals surface area contributed by atoms with Gasteiger partial charge >= 0.3 is 0 Å². The Bertz CT molecular complexity index is 746. The molecule has 0 saturated carbocycles. The second-order valence-electron chi connectivity index (χ2n) is 5.99. The van der Waals surface area contributed by atoms with Gasteiger partial charge in [-0.25, -0.2) is 0 Å². The zero-order valence-corrected chi connectivity index (χ0v) is 15.2. The first-order valence-electron chi connectivity index (χ1n) is 8.15. The molecular formula is C17H20N4OS2. The van der Waals surface area contributed by atoms with Crippen LogP contribution in [0.15, 0.2) is 39.4 Å². The van der Waals surface area contributed by atoms with Crippen molar-refractivity contribution in [1.29, 1.82) is 0 Å². The average molecular weight is 361 g/mol. The summed E-state index contributed by atoms with van der Waals surface area (Å²) in [4.78, 5) is 7.41. The van der Waals surface area contributed by atoms with E-state index in [4.69, 9.17) is 4.42 Å². The number of hydrogen-bond acceptors (Lipinski definition) is 7. The second kappa shape index (κ2) is 7.14. The maximum atomic E-state index is 5.89. The van der Waals surface area contributed by atoms with Crippen LogP contribution in [0.25, 0.3) is 10.8 Å². The topological polar surface area (TPSA) is 45.4 Å². The smallest absolute Gasteiger partial charge is 0.257 e. The van der Waals surface area contributed by atoms with Gasteiger partial charge in [0.2, 0.25) is 5.89 Å². The lowest BCUT2D eigenvalue weighted by molar-refractivity contribution is 0.0882. The molecule has 1 unspecified atom stereocenters. The summed E-state index contributed by atoms with van der Waals surface area (Å²) in [7, 11) is 0. The van der Waals surface area contributed by atoms with E-state index >= 15 is 0 Å². The number of hydrogen-bond donors (Lipinski definition) is 0. The van der Waals surface area contributed by atoms with E-state index in [1.165, 1.54) is 4.88 Å². The lowest BCUT2D eigenvalue weighted by Crippen LogP contribution is -2.46. The van der Waals surface area contributed by atoms with Crippen molar-refractivity contribution in [2.24, 2.45) is 0 Å². The van der Waals surface area contributed by atoms with Gasteiger partial charge in [-0.3, -0.25) is 9.80 Å². The van der Waals surface area contributed by atoms with Crippen LogP contribution in [0, 0.1) is 0 Å². The molecule has 0 aromatic carbocycles. The van der Waals surface area contributed by atoms with E-state index in [1.807, 2.05) is 28.8 Å². The Morgan fingerprint density at radius 3 is 2.58 bits per heavy atom. The largest absolute Gasteiger partial charge is 0.418 e. The van der Waals surface area contributed by atoms with Crippen molar-refractivity contribution in [2.45, 2.75) is 19.5 Å². The molecule has 1 aliphatic heterocycles. The number of thiophene rings is 2. The molecule has 4 rings (SSSR count). The molecule has 3 aromatic heterocycles. The molecule has 1 aliphatic rings. The summed E-state index contributed by atoms with van der Waals surface area (Å²) < 4.78 is 5.89. The fourth-order valence-corrected chi connectivity index (χ4v) is 4.38. The van der Waals surface area contributed by atoms with Gasteiger partial charge in [0.1, 0.15) is 0 Å². The van der Waals surface area contributed by atoms with Gasteiger partial charge in [-0.2, -0.15) is 0 Å². The first-order chi connectivity index (χ1) is 11.8. The van der Waals surface area contributed by atoms with E-state index in [0.717, 1.165) is 37.6 Å². The van der Waals surface area contributed by atoms with E-state index in [-0.39, 0.29) is 6.04 Å². The average Bonchev–Trinajstić information content (AvgIpc) is 3.36. The highest BCUT2D eigenvalue weighted by Gasteiger charge is 2.26. The Balaban J connectivity index is 1.35. The van der Waals surface area contributed by atoms with Gasteiger partial charge in [0, 0.05) is 37.6 Å². The summed E-state index contributed by atoms with van der Waals surface area (Å²) in [6, 6.07) is 8.51. The van der Waals surface area contributed by atoms with E-state index < -0.39 is 0 Å². The molecule has 1 atom stereocenters. The van der Waals surface area contributed by atoms with Crippen molar-refractivity contribution >= 4 is 22.7 Å². The number of piperazine rings is 1. The minimum Gasteiger partial charge on any atom is -0.418 e. The highest BCUT2D eigenvalue weighted by Crippen LogP contribution is 2.27. The van der Waals surface area contributed by atoms with Crippen LogP contribution in [-0.2, 0) is 6.54 Å². The molecule has 126 valence electrons. The van der Waals surface area contributed by atoms with Crippen molar-refractivity contribution in [3.63, 3.8) is 0 Å². The van der Waals surface area contributed by atoms with Crippen LogP contribution in [-0.4, -0.2) is 46.2 Å². The van der Waals surface area contributed by atoms with Crippen LogP contribution in [0.4, 0.5) is 0 Å². The van der Waals surface area contributed by atoms with Crippen molar-refractivity contribution in [1.82, 2.24) is 20.0 Å². The van der Waals surface area contributed by atoms with E-state index in [0.29, 0.717) is 11.8 Å². The van der Waals surface area contributed by atoms with Gasteiger partial charge in [0.25, 0.3) is 5.89 Å². The lowest BCUT2D eigenvalue weighted by Gasteiger charge is -2.36. The predicted octanol–water partition coefficient (Wildman–Crippen LogP) is 3.74. The summed E-state index contributed by atoms with van der Waals surface area (Å²) in [5, 5.41) is 12.6. The molecule has 3 aromatic rings. The van der Waals surface area contributed by atoms with E-state index in [9.17, 15) is 0 Å². The Morgan fingerprint density at radius 2 is 1.88 bits per heavy atom. The van der Waals surface area contributed by atoms with Gasteiger partial charge < -0.3 is 4.42 Å². The molecule has 0 spiro atoms. The molecule has 0 amide bonds. The minimum absolute atomic E-state index is 0.162. The maximum Gasteiger partial charge on any atom is 0.257 e. The lowest BCUT2D eigenvalue weighted by atomic mass is 10.2. The van der Waals surface area contributed by atoms with Crippen molar-refractivity contribution in [3.8, 4) is 10.8 Å². The Morgan fingerprint density at radius 1 is 1.08 bits per heavy atom. The van der Waals surface area contributed by atoms with Crippen LogP contribution < -0.4 is 0 Å². The summed E-state index contributed by atoms with van der Waals surface area (Å²) in [6.07, 6.45) is 0. The number of nitrogens with zero attached hydrogens (tertiary/aromatic N) is 4. The normalized spacial score (nSPS) is 18.0. The second-order valence-corrected chi connectivity index (χ2v) is 7.97. The molecule has 24 heavy (non-hydrogen) atoms. The Labute approximate surface area is 149 Å². The first kappa shape index (κ1) is 16.0. The molecule has 7 heteroatoms. The Hall–Kier alpha value is -1.54. The monoisotopic (exact) mass is 360 g/mol. The summed E-state index contributed by atoms with van der Waals surface area (Å²) in [6.45, 7) is 7.43. The van der Waals surface area contributed by atoms with Gasteiger partial charge in [0.15, 0.2) is 0 Å². The van der Waals surface area contributed by atoms with Gasteiger partial charge in [-0.15, -0.1) is 32.9 Å². The summed E-state index contributed by atoms with van der Waals surface area (Å²) in [5.74, 6) is 1.34. The van der Waals surface area contributed by atoms with Crippen LogP contribution in [0.1, 0.15) is 23.7 Å². The predicted molar refractivity (Wildman–Crippen MR) is 97.2 cm³/mol. The molecule has 4 heterocycles. The third-order valence-electron chi connectivity index (χ3n) is 4.44. The minimum atomic E-state index is 0.162. The highest BCUT2D eigenvalue weighted by molar-refractivity contribution is 7.13. The molecule has 0 N–H and O–H groups in total. The van der Waals surface area contributed by atoms with E-state index in [1.54, 1.807) is 11.3 Å². The maximum absolute atomic E-state index is 5.89. The van der Waals surface area contributed by atoms with Crippen molar-refractivity contribution in [3.05, 3.63) is 45.8 Å². The SMILES string of the molecule is CC(c1nnc(-c2cccs2)o1)N1CCN(Cc2cccs2)CC1. The summed E-state index contributed by atoms with van der Waals surface area (Å²) >= 11 is 3.46. The van der Waals surface area contributed by atoms with Crippen molar-refractivity contribution < 1.29 is 4.42 Å². The van der Waals surface area contributed by atoms with Crippen LogP contribution in [0.5, 0.6) is 0 Å². The third-order valence-corrected chi connectivity index (χ3v) is 6.16. The quantitative estimate of drug-likeness (QED) is 0.694. The van der Waals surface area contributed by atoms with Crippen LogP contribution in [0.3, 0.4) is 0 Å². The van der Waals surface area contributed by atoms with Crippen LogP contribution >= 0.6 is 22.7 Å². The highest BCUT2D eigenvalue weighted by atomic mass is 32.1. The fraction of sp³-hybridized carbons (Fsp3) is 0.412. The molecule has 1 fully saturated rings. The zero-order valence-electron chi connectivity index (χ0n) is 13.6. The zero-order chi connectivity index (χ0) is 16.4. The van der Waals surface area contributed by atoms with Gasteiger partial charge in [0.05, 0.1) is 10.9 Å². The molecular weight excluding hydrogens is 340 g/mol. The van der Waals surface area contributed by atoms with E-state index in [2.05, 4.69) is 44.4 Å². The molecule has 1 saturated heterocycles. The Kier molecular flexibility index (Phi) is 4.75. The third kappa shape index (κ3) is 3.44. The summed E-state index contributed by atoms with van der Waals surface area (Å²) in [5.41, 5.74) is 0. The fourth-order valence-electron chi connectivity index (χ4n) is 2.99. The standard InChI is InChI=1S/C17H20N4OS2/c1-13(16-18-19-17(22-16)15-5-3-11-24-15)21-8-6-20(7-9-21)12-14-4-2-10-23-14/h2-5,10-11,13H,6-9,12H2,1H3.